The number of ether oxygens (including phenoxy) is 1. The van der Waals surface area contributed by atoms with Crippen LogP contribution < -0.4 is 5.73 Å². The monoisotopic (exact) mass is 250 g/mol. The molecule has 0 bridgehead atoms. The van der Waals surface area contributed by atoms with Crippen LogP contribution in [0.25, 0.3) is 0 Å². The minimum absolute atomic E-state index is 0.00961. The van der Waals surface area contributed by atoms with Crippen LogP contribution in [0.4, 0.5) is 0 Å². The number of nitrogens with zero attached hydrogens (tertiary/aromatic N) is 1. The Balaban J connectivity index is 2.54. The average Bonchev–Trinajstić information content (AvgIpc) is 2.17. The summed E-state index contributed by atoms with van der Waals surface area (Å²) in [4.78, 5) is 0. The molecular weight excluding hydrogens is 228 g/mol. The maximum Gasteiger partial charge on any atom is 0.216 e. The summed E-state index contributed by atoms with van der Waals surface area (Å²) in [6.07, 6.45) is 1.49. The summed E-state index contributed by atoms with van der Waals surface area (Å²) >= 11 is 0. The number of nitrogens with two attached hydrogens (primary N) is 1. The van der Waals surface area contributed by atoms with Gasteiger partial charge in [0, 0.05) is 25.2 Å². The molecule has 0 aromatic heterocycles. The van der Waals surface area contributed by atoms with E-state index in [0.717, 1.165) is 12.8 Å². The smallest absolute Gasteiger partial charge is 0.216 e. The Hall–Kier alpha value is -0.170. The molecule has 0 aromatic carbocycles. The summed E-state index contributed by atoms with van der Waals surface area (Å²) in [6, 6.07) is 0.142. The van der Waals surface area contributed by atoms with Crippen molar-refractivity contribution in [3.63, 3.8) is 0 Å². The summed E-state index contributed by atoms with van der Waals surface area (Å²) in [5, 5.41) is 0. The molecule has 96 valence electrons. The Morgan fingerprint density at radius 3 is 2.75 bits per heavy atom. The van der Waals surface area contributed by atoms with Crippen molar-refractivity contribution in [3.8, 4) is 0 Å². The van der Waals surface area contributed by atoms with Crippen LogP contribution in [0, 0.1) is 0 Å². The van der Waals surface area contributed by atoms with Crippen LogP contribution in [0.1, 0.15) is 26.7 Å². The molecule has 1 aliphatic heterocycles. The Bertz CT molecular complexity index is 305. The van der Waals surface area contributed by atoms with E-state index in [1.165, 1.54) is 0 Å². The molecule has 0 aromatic rings. The fourth-order valence-corrected chi connectivity index (χ4v) is 3.61. The van der Waals surface area contributed by atoms with Crippen molar-refractivity contribution < 1.29 is 13.2 Å². The maximum atomic E-state index is 12.0. The summed E-state index contributed by atoms with van der Waals surface area (Å²) in [7, 11) is -3.18. The molecule has 1 rings (SSSR count). The van der Waals surface area contributed by atoms with Gasteiger partial charge in [0.2, 0.25) is 10.0 Å². The molecule has 1 fully saturated rings. The SMILES string of the molecule is CCOCCS(=O)(=O)N1CCC(N)CC1C. The molecule has 2 atom stereocenters. The Kier molecular flexibility index (Phi) is 5.17. The van der Waals surface area contributed by atoms with Gasteiger partial charge in [-0.1, -0.05) is 0 Å². The molecule has 0 spiro atoms. The van der Waals surface area contributed by atoms with Crippen molar-refractivity contribution in [1.82, 2.24) is 4.31 Å². The van der Waals surface area contributed by atoms with Gasteiger partial charge in [0.1, 0.15) is 0 Å². The summed E-state index contributed by atoms with van der Waals surface area (Å²) < 4.78 is 30.6. The van der Waals surface area contributed by atoms with Crippen LogP contribution in [0.2, 0.25) is 0 Å². The molecule has 1 saturated heterocycles. The van der Waals surface area contributed by atoms with Crippen LogP contribution in [0.3, 0.4) is 0 Å². The third-order valence-corrected chi connectivity index (χ3v) is 4.84. The first-order valence-electron chi connectivity index (χ1n) is 5.80. The van der Waals surface area contributed by atoms with Crippen molar-refractivity contribution in [1.29, 1.82) is 0 Å². The van der Waals surface area contributed by atoms with Gasteiger partial charge < -0.3 is 10.5 Å². The number of sulfonamides is 1. The molecule has 16 heavy (non-hydrogen) atoms. The Morgan fingerprint density at radius 1 is 1.50 bits per heavy atom. The van der Waals surface area contributed by atoms with E-state index < -0.39 is 10.0 Å². The lowest BCUT2D eigenvalue weighted by Crippen LogP contribution is -2.49. The third kappa shape index (κ3) is 3.69. The van der Waals surface area contributed by atoms with Crippen LogP contribution in [0.5, 0.6) is 0 Å². The fourth-order valence-electron chi connectivity index (χ4n) is 2.03. The minimum atomic E-state index is -3.18. The van der Waals surface area contributed by atoms with Crippen molar-refractivity contribution >= 4 is 10.0 Å². The molecule has 2 unspecified atom stereocenters. The van der Waals surface area contributed by atoms with Crippen LogP contribution in [-0.2, 0) is 14.8 Å². The van der Waals surface area contributed by atoms with E-state index in [1.807, 2.05) is 13.8 Å². The molecule has 0 amide bonds. The third-order valence-electron chi connectivity index (χ3n) is 2.90. The molecule has 0 aliphatic carbocycles. The molecule has 2 N–H and O–H groups in total. The van der Waals surface area contributed by atoms with Crippen molar-refractivity contribution in [2.24, 2.45) is 5.73 Å². The van der Waals surface area contributed by atoms with Crippen molar-refractivity contribution in [2.75, 3.05) is 25.5 Å². The molecule has 1 aliphatic rings. The van der Waals surface area contributed by atoms with Gasteiger partial charge in [-0.2, -0.15) is 4.31 Å². The second kappa shape index (κ2) is 5.95. The van der Waals surface area contributed by atoms with Crippen molar-refractivity contribution in [2.45, 2.75) is 38.8 Å². The molecule has 5 nitrogen and oxygen atoms in total. The van der Waals surface area contributed by atoms with Gasteiger partial charge in [0.25, 0.3) is 0 Å². The van der Waals surface area contributed by atoms with E-state index in [-0.39, 0.29) is 24.4 Å². The molecular formula is C10H22N2O3S. The van der Waals surface area contributed by atoms with E-state index in [2.05, 4.69) is 0 Å². The van der Waals surface area contributed by atoms with Gasteiger partial charge in [0.05, 0.1) is 12.4 Å². The summed E-state index contributed by atoms with van der Waals surface area (Å²) in [5.41, 5.74) is 5.81. The Labute approximate surface area is 98.0 Å². The van der Waals surface area contributed by atoms with E-state index >= 15 is 0 Å². The van der Waals surface area contributed by atoms with Gasteiger partial charge in [0.15, 0.2) is 0 Å². The first-order chi connectivity index (χ1) is 7.47. The zero-order chi connectivity index (χ0) is 12.2. The highest BCUT2D eigenvalue weighted by atomic mass is 32.2. The average molecular weight is 250 g/mol. The second-order valence-electron chi connectivity index (χ2n) is 4.26. The standard InChI is InChI=1S/C10H22N2O3S/c1-3-15-6-7-16(13,14)12-5-4-10(11)8-9(12)2/h9-10H,3-8,11H2,1-2H3. The molecule has 1 heterocycles. The van der Waals surface area contributed by atoms with E-state index in [1.54, 1.807) is 4.31 Å². The largest absolute Gasteiger partial charge is 0.381 e. The fraction of sp³-hybridized carbons (Fsp3) is 1.00. The zero-order valence-corrected chi connectivity index (χ0v) is 10.9. The summed E-state index contributed by atoms with van der Waals surface area (Å²) in [5.74, 6) is 0.0699. The van der Waals surface area contributed by atoms with Crippen molar-refractivity contribution in [3.05, 3.63) is 0 Å². The van der Waals surface area contributed by atoms with Gasteiger partial charge >= 0.3 is 0 Å². The minimum Gasteiger partial charge on any atom is -0.381 e. The highest BCUT2D eigenvalue weighted by molar-refractivity contribution is 7.89. The van der Waals surface area contributed by atoms with Gasteiger partial charge in [-0.25, -0.2) is 8.42 Å². The molecule has 0 saturated carbocycles. The van der Waals surface area contributed by atoms with Gasteiger partial charge in [-0.15, -0.1) is 0 Å². The number of rotatable bonds is 5. The van der Waals surface area contributed by atoms with E-state index in [0.29, 0.717) is 13.2 Å². The predicted octanol–water partition coefficient (Wildman–Crippen LogP) is 0.164. The predicted molar refractivity (Wildman–Crippen MR) is 63.7 cm³/mol. The van der Waals surface area contributed by atoms with Crippen LogP contribution in [-0.4, -0.2) is 50.3 Å². The topological polar surface area (TPSA) is 72.6 Å². The van der Waals surface area contributed by atoms with Crippen LogP contribution >= 0.6 is 0 Å². The lowest BCUT2D eigenvalue weighted by atomic mass is 10.0. The van der Waals surface area contributed by atoms with E-state index in [9.17, 15) is 8.42 Å². The van der Waals surface area contributed by atoms with Gasteiger partial charge in [-0.05, 0) is 26.7 Å². The first kappa shape index (κ1) is 13.9. The highest BCUT2D eigenvalue weighted by Gasteiger charge is 2.31. The molecule has 6 heteroatoms. The summed E-state index contributed by atoms with van der Waals surface area (Å²) in [6.45, 7) is 5.13. The zero-order valence-electron chi connectivity index (χ0n) is 10.1. The van der Waals surface area contributed by atoms with E-state index in [4.69, 9.17) is 10.5 Å². The second-order valence-corrected chi connectivity index (χ2v) is 6.30. The lowest BCUT2D eigenvalue weighted by molar-refractivity contribution is 0.161. The Morgan fingerprint density at radius 2 is 2.19 bits per heavy atom. The van der Waals surface area contributed by atoms with Gasteiger partial charge in [-0.3, -0.25) is 0 Å². The first-order valence-corrected chi connectivity index (χ1v) is 7.41. The lowest BCUT2D eigenvalue weighted by Gasteiger charge is -2.35. The highest BCUT2D eigenvalue weighted by Crippen LogP contribution is 2.19. The quantitative estimate of drug-likeness (QED) is 0.706. The number of piperidine rings is 1. The maximum absolute atomic E-state index is 12.0. The number of hydrogen-bond acceptors (Lipinski definition) is 4. The molecule has 0 radical (unpaired) electrons. The van der Waals surface area contributed by atoms with Crippen LogP contribution in [0.15, 0.2) is 0 Å². The number of hydrogen-bond donors (Lipinski definition) is 1. The normalized spacial score (nSPS) is 28.2.